The standard InChI is InChI=1S/C21H25N5O4/c1-2-21(9-8-17(27)25-20(21)30)15-4-6-16(7-5-15)24-19(29)18(28)23-10-3-12-26-13-11-22-14-26/h4-7,11,13-14H,2-3,8-10,12H2,1H3,(H,23,28)(H,24,29)(H,25,27,30)/t21-/m0/s1. The van der Waals surface area contributed by atoms with E-state index in [0.717, 1.165) is 5.56 Å². The first kappa shape index (κ1) is 21.2. The number of aryl methyl sites for hydroxylation is 1. The first-order chi connectivity index (χ1) is 14.4. The maximum atomic E-state index is 12.5. The minimum Gasteiger partial charge on any atom is -0.348 e. The highest BCUT2D eigenvalue weighted by Crippen LogP contribution is 2.36. The number of carbonyl (C=O) groups excluding carboxylic acids is 4. The molecule has 1 aliphatic rings. The van der Waals surface area contributed by atoms with Crippen LogP contribution < -0.4 is 16.0 Å². The molecule has 1 saturated heterocycles. The van der Waals surface area contributed by atoms with Crippen LogP contribution in [-0.2, 0) is 31.1 Å². The van der Waals surface area contributed by atoms with Gasteiger partial charge in [-0.1, -0.05) is 19.1 Å². The van der Waals surface area contributed by atoms with Crippen LogP contribution in [-0.4, -0.2) is 39.7 Å². The molecule has 9 heteroatoms. The zero-order chi connectivity index (χ0) is 21.6. The summed E-state index contributed by atoms with van der Waals surface area (Å²) in [4.78, 5) is 51.9. The van der Waals surface area contributed by atoms with Gasteiger partial charge < -0.3 is 15.2 Å². The Morgan fingerprint density at radius 3 is 2.60 bits per heavy atom. The van der Waals surface area contributed by atoms with E-state index in [1.807, 2.05) is 17.7 Å². The summed E-state index contributed by atoms with van der Waals surface area (Å²) in [5, 5.41) is 7.55. The number of hydrogen-bond acceptors (Lipinski definition) is 5. The van der Waals surface area contributed by atoms with E-state index in [-0.39, 0.29) is 11.8 Å². The van der Waals surface area contributed by atoms with Crippen LogP contribution in [0.3, 0.4) is 0 Å². The van der Waals surface area contributed by atoms with Gasteiger partial charge in [0.15, 0.2) is 0 Å². The summed E-state index contributed by atoms with van der Waals surface area (Å²) in [6.45, 7) is 2.97. The second-order valence-corrected chi connectivity index (χ2v) is 7.25. The van der Waals surface area contributed by atoms with Gasteiger partial charge in [0, 0.05) is 37.6 Å². The lowest BCUT2D eigenvalue weighted by molar-refractivity contribution is -0.138. The Morgan fingerprint density at radius 1 is 1.20 bits per heavy atom. The van der Waals surface area contributed by atoms with Crippen LogP contribution in [0.25, 0.3) is 0 Å². The van der Waals surface area contributed by atoms with Gasteiger partial charge in [0.25, 0.3) is 0 Å². The van der Waals surface area contributed by atoms with E-state index < -0.39 is 17.2 Å². The van der Waals surface area contributed by atoms with Crippen LogP contribution in [0, 0.1) is 0 Å². The molecule has 0 bridgehead atoms. The number of imide groups is 1. The molecule has 4 amide bonds. The van der Waals surface area contributed by atoms with Crippen LogP contribution in [0.5, 0.6) is 0 Å². The van der Waals surface area contributed by atoms with E-state index >= 15 is 0 Å². The number of nitrogens with one attached hydrogen (secondary N) is 3. The summed E-state index contributed by atoms with van der Waals surface area (Å²) < 4.78 is 1.89. The minimum absolute atomic E-state index is 0.260. The normalized spacial score (nSPS) is 18.6. The van der Waals surface area contributed by atoms with E-state index in [9.17, 15) is 19.2 Å². The molecule has 1 aromatic heterocycles. The molecule has 1 aliphatic heterocycles. The van der Waals surface area contributed by atoms with Crippen molar-refractivity contribution in [3.63, 3.8) is 0 Å². The lowest BCUT2D eigenvalue weighted by Crippen LogP contribution is -2.51. The summed E-state index contributed by atoms with van der Waals surface area (Å²) in [7, 11) is 0. The van der Waals surface area contributed by atoms with Gasteiger partial charge in [-0.3, -0.25) is 24.5 Å². The largest absolute Gasteiger partial charge is 0.348 e. The molecule has 1 atom stereocenters. The Labute approximate surface area is 174 Å². The number of anilines is 1. The zero-order valence-electron chi connectivity index (χ0n) is 16.8. The Bertz CT molecular complexity index is 923. The number of benzene rings is 1. The third-order valence-corrected chi connectivity index (χ3v) is 5.41. The van der Waals surface area contributed by atoms with Crippen molar-refractivity contribution in [1.29, 1.82) is 0 Å². The van der Waals surface area contributed by atoms with E-state index in [2.05, 4.69) is 20.9 Å². The van der Waals surface area contributed by atoms with Crippen molar-refractivity contribution in [3.8, 4) is 0 Å². The van der Waals surface area contributed by atoms with Crippen molar-refractivity contribution in [2.45, 2.75) is 44.6 Å². The van der Waals surface area contributed by atoms with Gasteiger partial charge in [-0.2, -0.15) is 0 Å². The van der Waals surface area contributed by atoms with Gasteiger partial charge in [-0.25, -0.2) is 4.98 Å². The van der Waals surface area contributed by atoms with Gasteiger partial charge >= 0.3 is 11.8 Å². The third-order valence-electron chi connectivity index (χ3n) is 5.41. The van der Waals surface area contributed by atoms with Crippen molar-refractivity contribution in [3.05, 3.63) is 48.5 Å². The van der Waals surface area contributed by atoms with Gasteiger partial charge in [0.1, 0.15) is 0 Å². The number of carbonyl (C=O) groups is 4. The van der Waals surface area contributed by atoms with E-state index in [4.69, 9.17) is 0 Å². The fourth-order valence-corrected chi connectivity index (χ4v) is 3.59. The molecule has 0 aliphatic carbocycles. The predicted octanol–water partition coefficient (Wildman–Crippen LogP) is 1.11. The molecule has 1 aromatic carbocycles. The number of piperidine rings is 1. The van der Waals surface area contributed by atoms with E-state index in [1.54, 1.807) is 36.8 Å². The van der Waals surface area contributed by atoms with Gasteiger partial charge in [-0.05, 0) is 37.0 Å². The molecular formula is C21H25N5O4. The number of rotatable bonds is 7. The smallest absolute Gasteiger partial charge is 0.313 e. The Hall–Kier alpha value is -3.49. The summed E-state index contributed by atoms with van der Waals surface area (Å²) in [6.07, 6.45) is 7.17. The SMILES string of the molecule is CC[C@@]1(c2ccc(NC(=O)C(=O)NCCCn3ccnc3)cc2)CCC(=O)NC1=O. The average Bonchev–Trinajstić information content (AvgIpc) is 3.26. The molecule has 3 N–H and O–H groups in total. The zero-order valence-corrected chi connectivity index (χ0v) is 16.8. The highest BCUT2D eigenvalue weighted by atomic mass is 16.2. The van der Waals surface area contributed by atoms with E-state index in [0.29, 0.717) is 44.5 Å². The van der Waals surface area contributed by atoms with Crippen molar-refractivity contribution < 1.29 is 19.2 Å². The highest BCUT2D eigenvalue weighted by Gasteiger charge is 2.42. The first-order valence-electron chi connectivity index (χ1n) is 9.94. The number of amides is 4. The second-order valence-electron chi connectivity index (χ2n) is 7.25. The third kappa shape index (κ3) is 4.73. The predicted molar refractivity (Wildman–Crippen MR) is 109 cm³/mol. The molecule has 3 rings (SSSR count). The average molecular weight is 411 g/mol. The minimum atomic E-state index is -0.761. The molecule has 0 unspecified atom stereocenters. The lowest BCUT2D eigenvalue weighted by atomic mass is 9.72. The Kier molecular flexibility index (Phi) is 6.61. The summed E-state index contributed by atoms with van der Waals surface area (Å²) in [5.74, 6) is -2.02. The monoisotopic (exact) mass is 411 g/mol. The molecule has 0 radical (unpaired) electrons. The van der Waals surface area contributed by atoms with E-state index in [1.165, 1.54) is 0 Å². The maximum absolute atomic E-state index is 12.5. The summed E-state index contributed by atoms with van der Waals surface area (Å²) in [6, 6.07) is 6.80. The number of aromatic nitrogens is 2. The quantitative estimate of drug-likeness (QED) is 0.358. The van der Waals surface area contributed by atoms with Crippen LogP contribution in [0.4, 0.5) is 5.69 Å². The number of imidazole rings is 1. The molecule has 1 fully saturated rings. The fraction of sp³-hybridized carbons (Fsp3) is 0.381. The lowest BCUT2D eigenvalue weighted by Gasteiger charge is -2.35. The first-order valence-corrected chi connectivity index (χ1v) is 9.94. The molecule has 2 heterocycles. The van der Waals surface area contributed by atoms with Crippen LogP contribution in [0.1, 0.15) is 38.2 Å². The van der Waals surface area contributed by atoms with Crippen LogP contribution in [0.2, 0.25) is 0 Å². The highest BCUT2D eigenvalue weighted by molar-refractivity contribution is 6.39. The molecular weight excluding hydrogens is 386 g/mol. The van der Waals surface area contributed by atoms with Gasteiger partial charge in [0.2, 0.25) is 11.8 Å². The molecule has 2 aromatic rings. The molecule has 158 valence electrons. The molecule has 0 saturated carbocycles. The van der Waals surface area contributed by atoms with Crippen molar-refractivity contribution in [1.82, 2.24) is 20.2 Å². The second kappa shape index (κ2) is 9.34. The number of hydrogen-bond donors (Lipinski definition) is 3. The van der Waals surface area contributed by atoms with Crippen molar-refractivity contribution >= 4 is 29.3 Å². The van der Waals surface area contributed by atoms with Crippen molar-refractivity contribution in [2.24, 2.45) is 0 Å². The number of nitrogens with zero attached hydrogens (tertiary/aromatic N) is 2. The van der Waals surface area contributed by atoms with Crippen molar-refractivity contribution in [2.75, 3.05) is 11.9 Å². The summed E-state index contributed by atoms with van der Waals surface area (Å²) >= 11 is 0. The molecule has 0 spiro atoms. The summed E-state index contributed by atoms with van der Waals surface area (Å²) in [5.41, 5.74) is 0.469. The Morgan fingerprint density at radius 2 is 1.97 bits per heavy atom. The van der Waals surface area contributed by atoms with Crippen LogP contribution >= 0.6 is 0 Å². The maximum Gasteiger partial charge on any atom is 0.313 e. The van der Waals surface area contributed by atoms with Crippen LogP contribution in [0.15, 0.2) is 43.0 Å². The molecule has 30 heavy (non-hydrogen) atoms. The Balaban J connectivity index is 1.53. The van der Waals surface area contributed by atoms with Gasteiger partial charge in [0.05, 0.1) is 11.7 Å². The fourth-order valence-electron chi connectivity index (χ4n) is 3.59. The van der Waals surface area contributed by atoms with Gasteiger partial charge in [-0.15, -0.1) is 0 Å². The molecule has 9 nitrogen and oxygen atoms in total. The topological polar surface area (TPSA) is 122 Å².